The van der Waals surface area contributed by atoms with Gasteiger partial charge in [-0.15, -0.1) is 0 Å². The number of rotatable bonds is 6. The molecule has 102 valence electrons. The van der Waals surface area contributed by atoms with Crippen LogP contribution in [0.5, 0.6) is 5.75 Å². The van der Waals surface area contributed by atoms with E-state index in [4.69, 9.17) is 4.74 Å². The van der Waals surface area contributed by atoms with Crippen molar-refractivity contribution in [1.82, 2.24) is 9.55 Å². The predicted octanol–water partition coefficient (Wildman–Crippen LogP) is 3.17. The van der Waals surface area contributed by atoms with Crippen LogP contribution in [-0.2, 0) is 6.54 Å². The number of nitrogens with zero attached hydrogens (tertiary/aromatic N) is 2. The van der Waals surface area contributed by atoms with Crippen molar-refractivity contribution in [3.8, 4) is 5.75 Å². The van der Waals surface area contributed by atoms with Crippen LogP contribution in [0, 0.1) is 0 Å². The van der Waals surface area contributed by atoms with Gasteiger partial charge in [0.05, 0.1) is 19.0 Å². The number of halogens is 1. The third kappa shape index (κ3) is 4.08. The maximum Gasteiger partial charge on any atom is 0.126 e. The van der Waals surface area contributed by atoms with E-state index in [0.717, 1.165) is 28.8 Å². The highest BCUT2D eigenvalue weighted by molar-refractivity contribution is 9.10. The van der Waals surface area contributed by atoms with E-state index in [9.17, 15) is 5.11 Å². The molecule has 0 fully saturated rings. The Kier molecular flexibility index (Phi) is 4.99. The van der Waals surface area contributed by atoms with Crippen molar-refractivity contribution in [2.45, 2.75) is 26.0 Å². The summed E-state index contributed by atoms with van der Waals surface area (Å²) in [6, 6.07) is 5.67. The van der Waals surface area contributed by atoms with Gasteiger partial charge in [0.15, 0.2) is 0 Å². The van der Waals surface area contributed by atoms with E-state index in [1.807, 2.05) is 29.0 Å². The highest BCUT2D eigenvalue weighted by Gasteiger charge is 2.09. The number of ether oxygens (including phenoxy) is 1. The highest BCUT2D eigenvalue weighted by Crippen LogP contribution is 2.28. The first kappa shape index (κ1) is 14.1. The maximum absolute atomic E-state index is 9.69. The Morgan fingerprint density at radius 2 is 2.32 bits per heavy atom. The fourth-order valence-corrected chi connectivity index (χ4v) is 2.17. The third-order valence-corrected chi connectivity index (χ3v) is 3.30. The van der Waals surface area contributed by atoms with Crippen molar-refractivity contribution >= 4 is 15.9 Å². The van der Waals surface area contributed by atoms with E-state index in [-0.39, 0.29) is 0 Å². The molecule has 0 amide bonds. The molecule has 0 aliphatic heterocycles. The van der Waals surface area contributed by atoms with Gasteiger partial charge in [-0.05, 0) is 25.5 Å². The summed E-state index contributed by atoms with van der Waals surface area (Å²) in [6.07, 6.45) is 5.85. The van der Waals surface area contributed by atoms with E-state index in [1.165, 1.54) is 0 Å². The Bertz CT molecular complexity index is 512. The molecule has 1 N–H and O–H groups in total. The van der Waals surface area contributed by atoms with E-state index in [2.05, 4.69) is 20.9 Å². The van der Waals surface area contributed by atoms with Gasteiger partial charge < -0.3 is 14.4 Å². The fraction of sp³-hybridized carbons (Fsp3) is 0.357. The zero-order valence-electron chi connectivity index (χ0n) is 10.8. The van der Waals surface area contributed by atoms with Gasteiger partial charge >= 0.3 is 0 Å². The maximum atomic E-state index is 9.69. The van der Waals surface area contributed by atoms with E-state index in [0.29, 0.717) is 6.61 Å². The van der Waals surface area contributed by atoms with Crippen LogP contribution in [0.3, 0.4) is 0 Å². The molecule has 1 atom stereocenters. The lowest BCUT2D eigenvalue weighted by molar-refractivity contribution is 0.190. The molecule has 0 saturated heterocycles. The molecule has 0 radical (unpaired) electrons. The van der Waals surface area contributed by atoms with Crippen LogP contribution in [0.25, 0.3) is 0 Å². The standard InChI is InChI=1S/C14H17BrN2O2/c1-11(18)13-4-3-12(15)9-14(13)19-8-2-6-17-7-5-16-10-17/h3-5,7,9-11,18H,2,6,8H2,1H3/t11-/m0/s1. The number of benzene rings is 1. The third-order valence-electron chi connectivity index (χ3n) is 2.80. The lowest BCUT2D eigenvalue weighted by Crippen LogP contribution is -2.05. The van der Waals surface area contributed by atoms with Crippen LogP contribution in [0.1, 0.15) is 25.0 Å². The summed E-state index contributed by atoms with van der Waals surface area (Å²) in [5, 5.41) is 9.69. The molecular formula is C14H17BrN2O2. The minimum absolute atomic E-state index is 0.531. The molecule has 1 heterocycles. The van der Waals surface area contributed by atoms with Gasteiger partial charge in [-0.2, -0.15) is 0 Å². The first-order valence-electron chi connectivity index (χ1n) is 6.23. The molecule has 19 heavy (non-hydrogen) atoms. The fourth-order valence-electron chi connectivity index (χ4n) is 1.83. The van der Waals surface area contributed by atoms with Gasteiger partial charge in [0.1, 0.15) is 5.75 Å². The van der Waals surface area contributed by atoms with Crippen molar-refractivity contribution in [2.75, 3.05) is 6.61 Å². The number of aromatic nitrogens is 2. The molecule has 2 aromatic rings. The molecule has 0 unspecified atom stereocenters. The van der Waals surface area contributed by atoms with Gasteiger partial charge in [-0.25, -0.2) is 4.98 Å². The minimum atomic E-state index is -0.531. The Labute approximate surface area is 121 Å². The second-order valence-corrected chi connectivity index (χ2v) is 5.28. The summed E-state index contributed by atoms with van der Waals surface area (Å²) < 4.78 is 8.71. The highest BCUT2D eigenvalue weighted by atomic mass is 79.9. The van der Waals surface area contributed by atoms with Crippen LogP contribution in [-0.4, -0.2) is 21.3 Å². The molecule has 5 heteroatoms. The molecule has 1 aromatic heterocycles. The Hall–Kier alpha value is -1.33. The van der Waals surface area contributed by atoms with Gasteiger partial charge in [0, 0.05) is 29.0 Å². The average molecular weight is 325 g/mol. The molecule has 0 spiro atoms. The lowest BCUT2D eigenvalue weighted by Gasteiger charge is -2.14. The Morgan fingerprint density at radius 3 is 3.00 bits per heavy atom. The number of hydrogen-bond donors (Lipinski definition) is 1. The number of imidazole rings is 1. The second kappa shape index (κ2) is 6.73. The molecular weight excluding hydrogens is 308 g/mol. The monoisotopic (exact) mass is 324 g/mol. The normalized spacial score (nSPS) is 12.4. The quantitative estimate of drug-likeness (QED) is 0.830. The molecule has 0 aliphatic carbocycles. The van der Waals surface area contributed by atoms with Crippen LogP contribution in [0.4, 0.5) is 0 Å². The molecule has 0 bridgehead atoms. The Balaban J connectivity index is 1.89. The Morgan fingerprint density at radius 1 is 1.47 bits per heavy atom. The van der Waals surface area contributed by atoms with Crippen LogP contribution in [0.15, 0.2) is 41.4 Å². The zero-order valence-corrected chi connectivity index (χ0v) is 12.4. The lowest BCUT2D eigenvalue weighted by atomic mass is 10.1. The first-order valence-corrected chi connectivity index (χ1v) is 7.02. The smallest absolute Gasteiger partial charge is 0.126 e. The van der Waals surface area contributed by atoms with Gasteiger partial charge in [-0.1, -0.05) is 22.0 Å². The topological polar surface area (TPSA) is 47.3 Å². The number of aryl methyl sites for hydroxylation is 1. The largest absolute Gasteiger partial charge is 0.493 e. The summed E-state index contributed by atoms with van der Waals surface area (Å²) in [4.78, 5) is 3.99. The molecule has 0 saturated carbocycles. The number of aliphatic hydroxyl groups is 1. The zero-order chi connectivity index (χ0) is 13.7. The van der Waals surface area contributed by atoms with Gasteiger partial charge in [0.25, 0.3) is 0 Å². The molecule has 4 nitrogen and oxygen atoms in total. The summed E-state index contributed by atoms with van der Waals surface area (Å²) >= 11 is 3.41. The SMILES string of the molecule is C[C@H](O)c1ccc(Br)cc1OCCCn1ccnc1. The van der Waals surface area contributed by atoms with Crippen molar-refractivity contribution < 1.29 is 9.84 Å². The van der Waals surface area contributed by atoms with E-state index >= 15 is 0 Å². The molecule has 2 rings (SSSR count). The average Bonchev–Trinajstić information content (AvgIpc) is 2.87. The summed E-state index contributed by atoms with van der Waals surface area (Å²) in [5.74, 6) is 0.731. The van der Waals surface area contributed by atoms with Crippen LogP contribution in [0.2, 0.25) is 0 Å². The van der Waals surface area contributed by atoms with Crippen molar-refractivity contribution in [1.29, 1.82) is 0 Å². The molecule has 1 aromatic carbocycles. The number of hydrogen-bond acceptors (Lipinski definition) is 3. The van der Waals surface area contributed by atoms with Crippen molar-refractivity contribution in [3.05, 3.63) is 47.0 Å². The van der Waals surface area contributed by atoms with Crippen LogP contribution >= 0.6 is 15.9 Å². The van der Waals surface area contributed by atoms with Crippen molar-refractivity contribution in [2.24, 2.45) is 0 Å². The summed E-state index contributed by atoms with van der Waals surface area (Å²) in [7, 11) is 0. The summed E-state index contributed by atoms with van der Waals surface area (Å²) in [5.41, 5.74) is 0.811. The van der Waals surface area contributed by atoms with E-state index in [1.54, 1.807) is 19.4 Å². The second-order valence-electron chi connectivity index (χ2n) is 4.36. The minimum Gasteiger partial charge on any atom is -0.493 e. The van der Waals surface area contributed by atoms with Crippen molar-refractivity contribution in [3.63, 3.8) is 0 Å². The molecule has 0 aliphatic rings. The predicted molar refractivity (Wildman–Crippen MR) is 77.1 cm³/mol. The van der Waals surface area contributed by atoms with Gasteiger partial charge in [-0.3, -0.25) is 0 Å². The summed E-state index contributed by atoms with van der Waals surface area (Å²) in [6.45, 7) is 3.22. The number of aliphatic hydroxyl groups excluding tert-OH is 1. The van der Waals surface area contributed by atoms with Gasteiger partial charge in [0.2, 0.25) is 0 Å². The van der Waals surface area contributed by atoms with Crippen LogP contribution < -0.4 is 4.74 Å². The first-order chi connectivity index (χ1) is 9.16. The van der Waals surface area contributed by atoms with E-state index < -0.39 is 6.10 Å².